The van der Waals surface area contributed by atoms with Crippen molar-refractivity contribution < 1.29 is 18.7 Å². The van der Waals surface area contributed by atoms with Crippen molar-refractivity contribution in [3.05, 3.63) is 65.1 Å². The number of carbonyl (C=O) groups is 2. The summed E-state index contributed by atoms with van der Waals surface area (Å²) in [4.78, 5) is 27.7. The Hall–Kier alpha value is -3.27. The summed E-state index contributed by atoms with van der Waals surface area (Å²) in [6.45, 7) is 5.11. The van der Waals surface area contributed by atoms with E-state index < -0.39 is 11.7 Å². The number of ether oxygens (including phenoxy) is 1. The van der Waals surface area contributed by atoms with E-state index in [1.54, 1.807) is 42.2 Å². The molecule has 2 aromatic carbocycles. The number of nitrogens with zero attached hydrogens (tertiary/aromatic N) is 4. The predicted octanol–water partition coefficient (Wildman–Crippen LogP) is 3.33. The van der Waals surface area contributed by atoms with Crippen LogP contribution in [0.3, 0.4) is 0 Å². The first kappa shape index (κ1) is 24.8. The zero-order valence-electron chi connectivity index (χ0n) is 19.4. The van der Waals surface area contributed by atoms with Gasteiger partial charge < -0.3 is 14.8 Å². The minimum atomic E-state index is -0.591. The molecule has 1 N–H and O–H groups in total. The molecular weight excluding hydrogens is 473 g/mol. The number of nitrogens with one attached hydrogen (secondary N) is 1. The highest BCUT2D eigenvalue weighted by molar-refractivity contribution is 6.33. The minimum absolute atomic E-state index is 0.0406. The van der Waals surface area contributed by atoms with E-state index in [1.807, 2.05) is 0 Å². The van der Waals surface area contributed by atoms with Gasteiger partial charge in [-0.15, -0.1) is 0 Å². The number of piperazine rings is 1. The lowest BCUT2D eigenvalue weighted by Crippen LogP contribution is -2.47. The number of carbonyl (C=O) groups excluding carboxylic acids is 2. The molecule has 1 amide bonds. The van der Waals surface area contributed by atoms with Crippen LogP contribution in [0.25, 0.3) is 11.3 Å². The van der Waals surface area contributed by atoms with Gasteiger partial charge in [-0.3, -0.25) is 19.3 Å². The summed E-state index contributed by atoms with van der Waals surface area (Å²) < 4.78 is 21.8. The van der Waals surface area contributed by atoms with Crippen molar-refractivity contribution >= 4 is 29.5 Å². The molecule has 1 aliphatic rings. The van der Waals surface area contributed by atoms with E-state index in [0.717, 1.165) is 39.0 Å². The first-order chi connectivity index (χ1) is 17.0. The van der Waals surface area contributed by atoms with Crippen LogP contribution >= 0.6 is 11.6 Å². The molecule has 1 saturated heterocycles. The fourth-order valence-corrected chi connectivity index (χ4v) is 4.33. The molecule has 0 atom stereocenters. The third-order valence-electron chi connectivity index (χ3n) is 5.97. The van der Waals surface area contributed by atoms with E-state index in [9.17, 15) is 14.0 Å². The Morgan fingerprint density at radius 2 is 1.91 bits per heavy atom. The molecule has 0 bridgehead atoms. The highest BCUT2D eigenvalue weighted by Gasteiger charge is 2.19. The van der Waals surface area contributed by atoms with Gasteiger partial charge in [0.1, 0.15) is 24.5 Å². The fraction of sp³-hybridized carbons (Fsp3) is 0.320. The normalized spacial score (nSPS) is 14.6. The van der Waals surface area contributed by atoms with E-state index in [1.165, 1.54) is 18.2 Å². The van der Waals surface area contributed by atoms with Gasteiger partial charge >= 0.3 is 0 Å². The Morgan fingerprint density at radius 3 is 2.60 bits per heavy atom. The summed E-state index contributed by atoms with van der Waals surface area (Å²) in [5.41, 5.74) is 1.74. The Bertz CT molecular complexity index is 1170. The first-order valence-electron chi connectivity index (χ1n) is 11.3. The fourth-order valence-electron chi connectivity index (χ4n) is 4.06. The van der Waals surface area contributed by atoms with Crippen LogP contribution < -0.4 is 10.1 Å². The van der Waals surface area contributed by atoms with E-state index in [0.29, 0.717) is 40.9 Å². The monoisotopic (exact) mass is 499 g/mol. The lowest BCUT2D eigenvalue weighted by atomic mass is 10.1. The maximum Gasteiger partial charge on any atom is 0.258 e. The summed E-state index contributed by atoms with van der Waals surface area (Å²) in [6.07, 6.45) is 2.48. The Balaban J connectivity index is 1.48. The quantitative estimate of drug-likeness (QED) is 0.455. The number of hydrogen-bond acceptors (Lipinski definition) is 6. The molecule has 8 nitrogen and oxygen atoms in total. The number of hydrogen-bond donors (Lipinski definition) is 1. The lowest BCUT2D eigenvalue weighted by molar-refractivity contribution is -0.109. The largest absolute Gasteiger partial charge is 0.492 e. The molecule has 0 unspecified atom stereocenters. The molecule has 1 aliphatic heterocycles. The van der Waals surface area contributed by atoms with Crippen LogP contribution in [0.5, 0.6) is 5.75 Å². The number of rotatable bonds is 9. The van der Waals surface area contributed by atoms with Crippen molar-refractivity contribution in [2.24, 2.45) is 7.05 Å². The maximum absolute atomic E-state index is 14.0. The Morgan fingerprint density at radius 1 is 1.17 bits per heavy atom. The van der Waals surface area contributed by atoms with Gasteiger partial charge in [-0.25, -0.2) is 4.39 Å². The van der Waals surface area contributed by atoms with Crippen LogP contribution in [-0.2, 0) is 11.8 Å². The van der Waals surface area contributed by atoms with Gasteiger partial charge in [0, 0.05) is 51.0 Å². The van der Waals surface area contributed by atoms with Crippen LogP contribution in [0.2, 0.25) is 5.02 Å². The van der Waals surface area contributed by atoms with Gasteiger partial charge in [-0.2, -0.15) is 5.10 Å². The van der Waals surface area contributed by atoms with Crippen LogP contribution in [-0.4, -0.2) is 77.6 Å². The summed E-state index contributed by atoms with van der Waals surface area (Å²) in [6, 6.07) is 11.0. The summed E-state index contributed by atoms with van der Waals surface area (Å²) in [5, 5.41) is 7.40. The van der Waals surface area contributed by atoms with Gasteiger partial charge in [0.2, 0.25) is 0 Å². The molecule has 1 fully saturated rings. The van der Waals surface area contributed by atoms with E-state index in [4.69, 9.17) is 16.3 Å². The van der Waals surface area contributed by atoms with Crippen molar-refractivity contribution in [2.75, 3.05) is 51.2 Å². The second-order valence-electron chi connectivity index (χ2n) is 8.27. The van der Waals surface area contributed by atoms with Crippen LogP contribution in [0, 0.1) is 5.82 Å². The second-order valence-corrected chi connectivity index (χ2v) is 8.67. The van der Waals surface area contributed by atoms with E-state index in [-0.39, 0.29) is 5.56 Å². The van der Waals surface area contributed by atoms with Crippen molar-refractivity contribution in [3.63, 3.8) is 0 Å². The number of aromatic nitrogens is 2. The zero-order chi connectivity index (χ0) is 24.8. The first-order valence-corrected chi connectivity index (χ1v) is 11.7. The molecule has 1 aromatic heterocycles. The molecule has 0 radical (unpaired) electrons. The predicted molar refractivity (Wildman–Crippen MR) is 132 cm³/mol. The number of amides is 1. The SMILES string of the molecule is Cn1ncc(Cl)c1-c1cc(NC(=O)c2ccccc2F)ccc1OCCN1CCN(CC=O)CC1. The zero-order valence-corrected chi connectivity index (χ0v) is 20.2. The Kier molecular flexibility index (Phi) is 8.12. The standard InChI is InChI=1S/C25H27ClFN5O3/c1-30-24(21(26)17-28-30)20-16-18(29-25(34)19-4-2-3-5-22(19)27)6-7-23(20)35-15-13-32-10-8-31(9-11-32)12-14-33/h2-7,14,16-17H,8-13,15H2,1H3,(H,29,34). The van der Waals surface area contributed by atoms with Gasteiger partial charge in [-0.1, -0.05) is 23.7 Å². The smallest absolute Gasteiger partial charge is 0.258 e. The van der Waals surface area contributed by atoms with Crippen LogP contribution in [0.4, 0.5) is 10.1 Å². The van der Waals surface area contributed by atoms with Crippen molar-refractivity contribution in [1.82, 2.24) is 19.6 Å². The number of benzene rings is 2. The number of aldehydes is 1. The van der Waals surface area contributed by atoms with E-state index >= 15 is 0 Å². The Labute approximate surface area is 208 Å². The lowest BCUT2D eigenvalue weighted by Gasteiger charge is -2.33. The van der Waals surface area contributed by atoms with Crippen LogP contribution in [0.15, 0.2) is 48.7 Å². The third kappa shape index (κ3) is 6.05. The molecule has 10 heteroatoms. The third-order valence-corrected chi connectivity index (χ3v) is 6.24. The molecule has 184 valence electrons. The molecule has 3 aromatic rings. The summed E-state index contributed by atoms with van der Waals surface area (Å²) in [7, 11) is 1.77. The molecule has 0 saturated carbocycles. The highest BCUT2D eigenvalue weighted by Crippen LogP contribution is 2.36. The van der Waals surface area contributed by atoms with Crippen molar-refractivity contribution in [1.29, 1.82) is 0 Å². The second kappa shape index (κ2) is 11.4. The summed E-state index contributed by atoms with van der Waals surface area (Å²) >= 11 is 6.41. The molecule has 35 heavy (non-hydrogen) atoms. The van der Waals surface area contributed by atoms with Crippen molar-refractivity contribution in [2.45, 2.75) is 0 Å². The number of halogens is 2. The average Bonchev–Trinajstić information content (AvgIpc) is 3.19. The highest BCUT2D eigenvalue weighted by atomic mass is 35.5. The number of anilines is 1. The van der Waals surface area contributed by atoms with Crippen molar-refractivity contribution in [3.8, 4) is 17.0 Å². The van der Waals surface area contributed by atoms with Gasteiger partial charge in [0.05, 0.1) is 29.0 Å². The molecule has 0 aliphatic carbocycles. The molecule has 0 spiro atoms. The minimum Gasteiger partial charge on any atom is -0.492 e. The average molecular weight is 500 g/mol. The van der Waals surface area contributed by atoms with Crippen LogP contribution in [0.1, 0.15) is 10.4 Å². The molecular formula is C25H27ClFN5O3. The van der Waals surface area contributed by atoms with Gasteiger partial charge in [-0.05, 0) is 30.3 Å². The maximum atomic E-state index is 14.0. The summed E-state index contributed by atoms with van der Waals surface area (Å²) in [5.74, 6) is -0.543. The molecule has 4 rings (SSSR count). The topological polar surface area (TPSA) is 79.7 Å². The van der Waals surface area contributed by atoms with Gasteiger partial charge in [0.25, 0.3) is 5.91 Å². The van der Waals surface area contributed by atoms with Gasteiger partial charge in [0.15, 0.2) is 0 Å². The number of aryl methyl sites for hydroxylation is 1. The molecule has 2 heterocycles. The van der Waals surface area contributed by atoms with E-state index in [2.05, 4.69) is 20.2 Å².